The van der Waals surface area contributed by atoms with Gasteiger partial charge in [-0.2, -0.15) is 0 Å². The number of hydrogen-bond donors (Lipinski definition) is 1. The Balaban J connectivity index is 2.25. The fraction of sp³-hybridized carbons (Fsp3) is 0.200. The molecule has 0 aliphatic heterocycles. The third-order valence-corrected chi connectivity index (χ3v) is 4.19. The molecule has 2 rings (SSSR count). The molecule has 0 aliphatic rings. The molecule has 0 amide bonds. The smallest absolute Gasteiger partial charge is 0.127 e. The molecule has 1 unspecified atom stereocenters. The summed E-state index contributed by atoms with van der Waals surface area (Å²) < 4.78 is 14.6. The van der Waals surface area contributed by atoms with E-state index in [0.29, 0.717) is 10.6 Å². The number of rotatable bonds is 3. The van der Waals surface area contributed by atoms with E-state index in [1.54, 1.807) is 12.1 Å². The Morgan fingerprint density at radius 2 is 2.05 bits per heavy atom. The highest BCUT2D eigenvalue weighted by Gasteiger charge is 2.15. The number of aliphatic hydroxyl groups is 1. The molecule has 0 radical (unpaired) electrons. The molecule has 100 valence electrons. The molecule has 0 aromatic heterocycles. The molecule has 1 N–H and O–H groups in total. The van der Waals surface area contributed by atoms with E-state index in [0.717, 1.165) is 15.6 Å². The van der Waals surface area contributed by atoms with Crippen LogP contribution in [0.15, 0.2) is 40.9 Å². The lowest BCUT2D eigenvalue weighted by atomic mass is 9.97. The van der Waals surface area contributed by atoms with Gasteiger partial charge in [-0.15, -0.1) is 0 Å². The summed E-state index contributed by atoms with van der Waals surface area (Å²) >= 11 is 9.13. The summed E-state index contributed by atoms with van der Waals surface area (Å²) in [5, 5.41) is 10.6. The van der Waals surface area contributed by atoms with E-state index in [1.165, 1.54) is 6.07 Å². The van der Waals surface area contributed by atoms with Gasteiger partial charge >= 0.3 is 0 Å². The van der Waals surface area contributed by atoms with E-state index in [-0.39, 0.29) is 12.2 Å². The van der Waals surface area contributed by atoms with E-state index in [1.807, 2.05) is 25.1 Å². The first-order valence-corrected chi connectivity index (χ1v) is 7.03. The minimum Gasteiger partial charge on any atom is -0.388 e. The molecular weight excluding hydrogens is 331 g/mol. The lowest BCUT2D eigenvalue weighted by Gasteiger charge is -2.15. The van der Waals surface area contributed by atoms with Crippen molar-refractivity contribution in [2.45, 2.75) is 19.4 Å². The van der Waals surface area contributed by atoms with Gasteiger partial charge in [0.05, 0.1) is 6.10 Å². The van der Waals surface area contributed by atoms with Crippen molar-refractivity contribution >= 4 is 27.5 Å². The summed E-state index contributed by atoms with van der Waals surface area (Å²) in [6, 6.07) is 10.1. The van der Waals surface area contributed by atoms with Gasteiger partial charge in [-0.3, -0.25) is 0 Å². The van der Waals surface area contributed by atoms with E-state index in [9.17, 15) is 9.50 Å². The molecule has 0 bridgehead atoms. The summed E-state index contributed by atoms with van der Waals surface area (Å²) in [4.78, 5) is 0. The standard InChI is InChI=1S/C15H13BrClFO/c1-9-12(3-2-4-13(9)16)15(19)7-10-5-6-11(17)8-14(10)18/h2-6,8,15,19H,7H2,1H3. The van der Waals surface area contributed by atoms with Gasteiger partial charge in [0.2, 0.25) is 0 Å². The zero-order chi connectivity index (χ0) is 14.0. The molecule has 0 fully saturated rings. The Kier molecular flexibility index (Phi) is 4.61. The second-order valence-electron chi connectivity index (χ2n) is 4.41. The molecular formula is C15H13BrClFO. The first-order chi connectivity index (χ1) is 8.99. The Labute approximate surface area is 125 Å². The Bertz CT molecular complexity index is 601. The Morgan fingerprint density at radius 3 is 2.74 bits per heavy atom. The molecule has 0 heterocycles. The zero-order valence-electron chi connectivity index (χ0n) is 10.3. The summed E-state index contributed by atoms with van der Waals surface area (Å²) in [7, 11) is 0. The van der Waals surface area contributed by atoms with Gasteiger partial charge in [0.1, 0.15) is 5.82 Å². The maximum absolute atomic E-state index is 13.7. The second-order valence-corrected chi connectivity index (χ2v) is 5.70. The van der Waals surface area contributed by atoms with E-state index >= 15 is 0 Å². The van der Waals surface area contributed by atoms with Crippen LogP contribution in [0.25, 0.3) is 0 Å². The SMILES string of the molecule is Cc1c(Br)cccc1C(O)Cc1ccc(Cl)cc1F. The minimum absolute atomic E-state index is 0.223. The van der Waals surface area contributed by atoms with Crippen LogP contribution in [0.5, 0.6) is 0 Å². The van der Waals surface area contributed by atoms with Crippen LogP contribution in [-0.2, 0) is 6.42 Å². The average molecular weight is 344 g/mol. The van der Waals surface area contributed by atoms with Gasteiger partial charge in [0, 0.05) is 15.9 Å². The van der Waals surface area contributed by atoms with E-state index < -0.39 is 6.10 Å². The van der Waals surface area contributed by atoms with Crippen LogP contribution < -0.4 is 0 Å². The van der Waals surface area contributed by atoms with Crippen molar-refractivity contribution in [2.24, 2.45) is 0 Å². The van der Waals surface area contributed by atoms with Crippen LogP contribution >= 0.6 is 27.5 Å². The van der Waals surface area contributed by atoms with Crippen LogP contribution in [0.3, 0.4) is 0 Å². The van der Waals surface area contributed by atoms with E-state index in [4.69, 9.17) is 11.6 Å². The van der Waals surface area contributed by atoms with Gasteiger partial charge in [0.15, 0.2) is 0 Å². The molecule has 2 aromatic carbocycles. The highest BCUT2D eigenvalue weighted by molar-refractivity contribution is 9.10. The van der Waals surface area contributed by atoms with Crippen molar-refractivity contribution in [1.29, 1.82) is 0 Å². The molecule has 1 nitrogen and oxygen atoms in total. The van der Waals surface area contributed by atoms with Crippen molar-refractivity contribution in [3.63, 3.8) is 0 Å². The first-order valence-electron chi connectivity index (χ1n) is 5.86. The molecule has 2 aromatic rings. The number of benzene rings is 2. The summed E-state index contributed by atoms with van der Waals surface area (Å²) in [5.41, 5.74) is 2.21. The van der Waals surface area contributed by atoms with Crippen LogP contribution in [0.1, 0.15) is 22.8 Å². The number of hydrogen-bond acceptors (Lipinski definition) is 1. The molecule has 0 aliphatic carbocycles. The maximum Gasteiger partial charge on any atom is 0.127 e. The van der Waals surface area contributed by atoms with Gasteiger partial charge in [0.25, 0.3) is 0 Å². The number of aliphatic hydroxyl groups excluding tert-OH is 1. The largest absolute Gasteiger partial charge is 0.388 e. The van der Waals surface area contributed by atoms with Gasteiger partial charge < -0.3 is 5.11 Å². The molecule has 4 heteroatoms. The van der Waals surface area contributed by atoms with E-state index in [2.05, 4.69) is 15.9 Å². The zero-order valence-corrected chi connectivity index (χ0v) is 12.7. The highest BCUT2D eigenvalue weighted by Crippen LogP contribution is 2.28. The lowest BCUT2D eigenvalue weighted by Crippen LogP contribution is -2.05. The van der Waals surface area contributed by atoms with Crippen LogP contribution in [-0.4, -0.2) is 5.11 Å². The summed E-state index contributed by atoms with van der Waals surface area (Å²) in [5.74, 6) is -0.390. The molecule has 0 saturated heterocycles. The molecule has 19 heavy (non-hydrogen) atoms. The fourth-order valence-corrected chi connectivity index (χ4v) is 2.53. The molecule has 0 saturated carbocycles. The van der Waals surface area contributed by atoms with Gasteiger partial charge in [-0.25, -0.2) is 4.39 Å². The number of halogens is 3. The van der Waals surface area contributed by atoms with Crippen molar-refractivity contribution in [2.75, 3.05) is 0 Å². The normalized spacial score (nSPS) is 12.5. The summed E-state index contributed by atoms with van der Waals surface area (Å²) in [6.07, 6.45) is -0.520. The average Bonchev–Trinajstić information content (AvgIpc) is 2.36. The van der Waals surface area contributed by atoms with Gasteiger partial charge in [-0.05, 0) is 41.8 Å². The minimum atomic E-state index is -0.742. The van der Waals surface area contributed by atoms with Crippen molar-refractivity contribution < 1.29 is 9.50 Å². The first kappa shape index (κ1) is 14.5. The maximum atomic E-state index is 13.7. The third-order valence-electron chi connectivity index (χ3n) is 3.10. The lowest BCUT2D eigenvalue weighted by molar-refractivity contribution is 0.176. The summed E-state index contributed by atoms with van der Waals surface area (Å²) in [6.45, 7) is 1.92. The quantitative estimate of drug-likeness (QED) is 0.846. The predicted octanol–water partition coefficient (Wildman–Crippen LogP) is 4.83. The third kappa shape index (κ3) is 3.35. The Morgan fingerprint density at radius 1 is 1.32 bits per heavy atom. The predicted molar refractivity (Wildman–Crippen MR) is 79.0 cm³/mol. The highest BCUT2D eigenvalue weighted by atomic mass is 79.9. The Hall–Kier alpha value is -0.900. The monoisotopic (exact) mass is 342 g/mol. The van der Waals surface area contributed by atoms with Crippen LogP contribution in [0.4, 0.5) is 4.39 Å². The topological polar surface area (TPSA) is 20.2 Å². The van der Waals surface area contributed by atoms with Crippen molar-refractivity contribution in [3.8, 4) is 0 Å². The molecule has 0 spiro atoms. The fourth-order valence-electron chi connectivity index (χ4n) is 1.99. The van der Waals surface area contributed by atoms with Crippen molar-refractivity contribution in [1.82, 2.24) is 0 Å². The second kappa shape index (κ2) is 6.04. The van der Waals surface area contributed by atoms with Crippen LogP contribution in [0.2, 0.25) is 5.02 Å². The van der Waals surface area contributed by atoms with Gasteiger partial charge in [-0.1, -0.05) is 45.7 Å². The van der Waals surface area contributed by atoms with Crippen LogP contribution in [0, 0.1) is 12.7 Å². The molecule has 1 atom stereocenters. The van der Waals surface area contributed by atoms with Crippen molar-refractivity contribution in [3.05, 3.63) is 68.4 Å².